The van der Waals surface area contributed by atoms with Crippen LogP contribution in [0.3, 0.4) is 0 Å². The van der Waals surface area contributed by atoms with E-state index in [2.05, 4.69) is 31.4 Å². The van der Waals surface area contributed by atoms with Crippen LogP contribution in [0, 0.1) is 0 Å². The van der Waals surface area contributed by atoms with Gasteiger partial charge in [0.1, 0.15) is 0 Å². The minimum absolute atomic E-state index is 0.0452. The molecule has 1 amide bonds. The number of carbonyl (C=O) groups excluding carboxylic acids is 1. The molecule has 0 aliphatic carbocycles. The summed E-state index contributed by atoms with van der Waals surface area (Å²) in [7, 11) is 0. The maximum absolute atomic E-state index is 12.2. The Hall–Kier alpha value is -0.880. The van der Waals surface area contributed by atoms with Crippen LogP contribution in [-0.2, 0) is 0 Å². The summed E-state index contributed by atoms with van der Waals surface area (Å²) in [5.74, 6) is 0.0336. The highest BCUT2D eigenvalue weighted by Gasteiger charge is 2.27. The predicted octanol–water partition coefficient (Wildman–Crippen LogP) is 2.58. The highest BCUT2D eigenvalue weighted by molar-refractivity contribution is 9.10. The molecule has 0 spiro atoms. The first-order chi connectivity index (χ1) is 8.84. The second-order valence-corrected chi connectivity index (χ2v) is 6.09. The molecule has 1 heterocycles. The zero-order valence-corrected chi connectivity index (χ0v) is 13.5. The number of aromatic amines is 1. The predicted molar refractivity (Wildman–Crippen MR) is 78.2 cm³/mol. The molecule has 0 bridgehead atoms. The fourth-order valence-electron chi connectivity index (χ4n) is 1.78. The molecule has 0 radical (unpaired) electrons. The molecule has 1 aromatic rings. The zero-order chi connectivity index (χ0) is 14.6. The first-order valence-corrected chi connectivity index (χ1v) is 7.31. The Balaban J connectivity index is 2.89. The maximum Gasteiger partial charge on any atom is 0.273 e. The van der Waals surface area contributed by atoms with E-state index < -0.39 is 5.54 Å². The van der Waals surface area contributed by atoms with Crippen LogP contribution in [0.15, 0.2) is 4.47 Å². The summed E-state index contributed by atoms with van der Waals surface area (Å²) in [6, 6.07) is 0. The monoisotopic (exact) mass is 331 g/mol. The van der Waals surface area contributed by atoms with Gasteiger partial charge in [0.15, 0.2) is 5.69 Å². The van der Waals surface area contributed by atoms with Crippen LogP contribution in [0.25, 0.3) is 0 Å². The average molecular weight is 332 g/mol. The van der Waals surface area contributed by atoms with Crippen LogP contribution in [0.2, 0.25) is 0 Å². The Kier molecular flexibility index (Phi) is 5.55. The van der Waals surface area contributed by atoms with Gasteiger partial charge in [0.05, 0.1) is 10.2 Å². The Morgan fingerprint density at radius 2 is 2.21 bits per heavy atom. The van der Waals surface area contributed by atoms with Gasteiger partial charge in [0, 0.05) is 12.1 Å². The van der Waals surface area contributed by atoms with Crippen molar-refractivity contribution < 1.29 is 9.90 Å². The molecule has 19 heavy (non-hydrogen) atoms. The average Bonchev–Trinajstić information content (AvgIpc) is 2.71. The molecule has 6 heteroatoms. The van der Waals surface area contributed by atoms with Gasteiger partial charge in [0.25, 0.3) is 5.91 Å². The minimum atomic E-state index is -0.414. The molecule has 3 N–H and O–H groups in total. The van der Waals surface area contributed by atoms with E-state index in [1.807, 2.05) is 27.7 Å². The molecule has 0 fully saturated rings. The molecule has 0 aliphatic heterocycles. The lowest BCUT2D eigenvalue weighted by Crippen LogP contribution is -2.46. The number of hydrogen-bond acceptors (Lipinski definition) is 3. The van der Waals surface area contributed by atoms with Crippen molar-refractivity contribution in [3.8, 4) is 0 Å². The van der Waals surface area contributed by atoms with Gasteiger partial charge in [-0.2, -0.15) is 5.10 Å². The third kappa shape index (κ3) is 3.79. The number of hydrogen-bond donors (Lipinski definition) is 3. The molecule has 108 valence electrons. The first-order valence-electron chi connectivity index (χ1n) is 6.51. The van der Waals surface area contributed by atoms with Crippen LogP contribution in [-0.4, -0.2) is 33.4 Å². The quantitative estimate of drug-likeness (QED) is 0.749. The van der Waals surface area contributed by atoms with Gasteiger partial charge < -0.3 is 10.4 Å². The highest BCUT2D eigenvalue weighted by Crippen LogP contribution is 2.26. The summed E-state index contributed by atoms with van der Waals surface area (Å²) in [5.41, 5.74) is 0.856. The largest absolute Gasteiger partial charge is 0.396 e. The molecular weight excluding hydrogens is 310 g/mol. The van der Waals surface area contributed by atoms with E-state index >= 15 is 0 Å². The normalized spacial score (nSPS) is 14.5. The molecule has 0 saturated heterocycles. The number of aromatic nitrogens is 2. The summed E-state index contributed by atoms with van der Waals surface area (Å²) < 4.78 is 0.711. The number of carbonyl (C=O) groups is 1. The number of nitrogens with zero attached hydrogens (tertiary/aromatic N) is 1. The third-order valence-electron chi connectivity index (χ3n) is 3.38. The van der Waals surface area contributed by atoms with Crippen molar-refractivity contribution >= 4 is 21.8 Å². The van der Waals surface area contributed by atoms with Gasteiger partial charge >= 0.3 is 0 Å². The van der Waals surface area contributed by atoms with E-state index in [-0.39, 0.29) is 18.4 Å². The topological polar surface area (TPSA) is 78.0 Å². The van der Waals surface area contributed by atoms with Crippen molar-refractivity contribution in [2.24, 2.45) is 0 Å². The van der Waals surface area contributed by atoms with Crippen LogP contribution >= 0.6 is 15.9 Å². The van der Waals surface area contributed by atoms with E-state index in [1.165, 1.54) is 0 Å². The molecule has 1 aromatic heterocycles. The van der Waals surface area contributed by atoms with Gasteiger partial charge in [-0.05, 0) is 41.6 Å². The number of rotatable bonds is 6. The van der Waals surface area contributed by atoms with E-state index in [1.54, 1.807) is 0 Å². The maximum atomic E-state index is 12.2. The highest BCUT2D eigenvalue weighted by atomic mass is 79.9. The Morgan fingerprint density at radius 3 is 2.63 bits per heavy atom. The summed E-state index contributed by atoms with van der Waals surface area (Å²) >= 11 is 3.42. The number of nitrogens with one attached hydrogen (secondary N) is 2. The van der Waals surface area contributed by atoms with Crippen LogP contribution in [0.4, 0.5) is 0 Å². The summed E-state index contributed by atoms with van der Waals surface area (Å²) in [5, 5.41) is 19.0. The Morgan fingerprint density at radius 1 is 1.58 bits per heavy atom. The molecule has 5 nitrogen and oxygen atoms in total. The molecule has 0 saturated carbocycles. The number of aliphatic hydroxyl groups excluding tert-OH is 1. The van der Waals surface area contributed by atoms with Gasteiger partial charge in [0.2, 0.25) is 0 Å². The second-order valence-electron chi connectivity index (χ2n) is 5.30. The van der Waals surface area contributed by atoms with E-state index in [4.69, 9.17) is 5.11 Å². The summed E-state index contributed by atoms with van der Waals surface area (Å²) in [6.07, 6.45) is 1.27. The third-order valence-corrected chi connectivity index (χ3v) is 4.19. The van der Waals surface area contributed by atoms with E-state index in [0.717, 1.165) is 12.1 Å². The molecule has 0 aliphatic rings. The van der Waals surface area contributed by atoms with Crippen molar-refractivity contribution in [1.82, 2.24) is 15.5 Å². The Labute approximate surface area is 122 Å². The van der Waals surface area contributed by atoms with Gasteiger partial charge in [-0.1, -0.05) is 20.8 Å². The van der Waals surface area contributed by atoms with E-state index in [0.29, 0.717) is 16.6 Å². The zero-order valence-electron chi connectivity index (χ0n) is 11.9. The second kappa shape index (κ2) is 6.52. The number of halogens is 1. The molecule has 1 atom stereocenters. The lowest BCUT2D eigenvalue weighted by Gasteiger charge is -2.28. The summed E-state index contributed by atoms with van der Waals surface area (Å²) in [4.78, 5) is 12.2. The van der Waals surface area contributed by atoms with Crippen molar-refractivity contribution in [1.29, 1.82) is 0 Å². The van der Waals surface area contributed by atoms with Crippen LogP contribution in [0.1, 0.15) is 62.6 Å². The van der Waals surface area contributed by atoms with Crippen molar-refractivity contribution in [2.45, 2.75) is 52.0 Å². The fraction of sp³-hybridized carbons (Fsp3) is 0.692. The standard InChI is InChI=1S/C13H22BrN3O2/c1-5-13(4,6-7-18)15-12(19)11-9(14)10(8(2)3)16-17-11/h8,18H,5-7H2,1-4H3,(H,15,19)(H,16,17). The smallest absolute Gasteiger partial charge is 0.273 e. The van der Waals surface area contributed by atoms with Crippen molar-refractivity contribution in [3.63, 3.8) is 0 Å². The fourth-order valence-corrected chi connectivity index (χ4v) is 2.60. The lowest BCUT2D eigenvalue weighted by molar-refractivity contribution is 0.0880. The number of amides is 1. The Bertz CT molecular complexity index is 445. The van der Waals surface area contributed by atoms with Gasteiger partial charge in [-0.3, -0.25) is 9.89 Å². The molecule has 1 unspecified atom stereocenters. The molecule has 1 rings (SSSR count). The summed E-state index contributed by atoms with van der Waals surface area (Å²) in [6.45, 7) is 8.01. The van der Waals surface area contributed by atoms with Gasteiger partial charge in [-0.15, -0.1) is 0 Å². The van der Waals surface area contributed by atoms with Crippen LogP contribution in [0.5, 0.6) is 0 Å². The first kappa shape index (κ1) is 16.2. The SMILES string of the molecule is CCC(C)(CCO)NC(=O)c1n[nH]c(C(C)C)c1Br. The molecule has 0 aromatic carbocycles. The minimum Gasteiger partial charge on any atom is -0.396 e. The van der Waals surface area contributed by atoms with Crippen molar-refractivity contribution in [2.75, 3.05) is 6.61 Å². The lowest BCUT2D eigenvalue weighted by atomic mass is 9.94. The van der Waals surface area contributed by atoms with E-state index in [9.17, 15) is 4.79 Å². The number of H-pyrrole nitrogens is 1. The van der Waals surface area contributed by atoms with Gasteiger partial charge in [-0.25, -0.2) is 0 Å². The van der Waals surface area contributed by atoms with Crippen molar-refractivity contribution in [3.05, 3.63) is 15.9 Å². The number of aliphatic hydroxyl groups is 1. The van der Waals surface area contributed by atoms with Crippen LogP contribution < -0.4 is 5.32 Å². The molecular formula is C13H22BrN3O2.